The lowest BCUT2D eigenvalue weighted by molar-refractivity contribution is -0.146. The zero-order valence-electron chi connectivity index (χ0n) is 9.79. The highest BCUT2D eigenvalue weighted by atomic mass is 16.5. The summed E-state index contributed by atoms with van der Waals surface area (Å²) in [5, 5.41) is 0. The fourth-order valence-electron chi connectivity index (χ4n) is 2.01. The summed E-state index contributed by atoms with van der Waals surface area (Å²) in [5.41, 5.74) is 5.04. The summed E-state index contributed by atoms with van der Waals surface area (Å²) >= 11 is 0. The van der Waals surface area contributed by atoms with Crippen LogP contribution in [0.15, 0.2) is 0 Å². The highest BCUT2D eigenvalue weighted by Crippen LogP contribution is 2.13. The van der Waals surface area contributed by atoms with Crippen LogP contribution in [0.1, 0.15) is 32.6 Å². The van der Waals surface area contributed by atoms with Crippen LogP contribution in [-0.4, -0.2) is 43.2 Å². The van der Waals surface area contributed by atoms with Gasteiger partial charge in [-0.15, -0.1) is 0 Å². The number of nitrogens with two attached hydrogens (primary N) is 1. The van der Waals surface area contributed by atoms with Crippen LogP contribution in [0.4, 0.5) is 0 Å². The first kappa shape index (κ1) is 12.5. The van der Waals surface area contributed by atoms with E-state index in [2.05, 4.69) is 9.64 Å². The summed E-state index contributed by atoms with van der Waals surface area (Å²) in [5.74, 6) is -0.316. The first-order valence-corrected chi connectivity index (χ1v) is 5.66. The van der Waals surface area contributed by atoms with Crippen molar-refractivity contribution < 1.29 is 9.53 Å². The van der Waals surface area contributed by atoms with E-state index in [9.17, 15) is 4.79 Å². The summed E-state index contributed by atoms with van der Waals surface area (Å²) in [6.45, 7) is 5.17. The minimum absolute atomic E-state index is 0.316. The molecule has 0 aromatic carbocycles. The van der Waals surface area contributed by atoms with Crippen molar-refractivity contribution in [3.8, 4) is 0 Å². The van der Waals surface area contributed by atoms with Crippen molar-refractivity contribution in [3.63, 3.8) is 0 Å². The van der Waals surface area contributed by atoms with Gasteiger partial charge in [-0.2, -0.15) is 0 Å². The third-order valence-corrected chi connectivity index (χ3v) is 3.02. The Kier molecular flexibility index (Phi) is 4.54. The highest BCUT2D eigenvalue weighted by molar-refractivity contribution is 5.79. The largest absolute Gasteiger partial charge is 0.468 e. The molecule has 0 aromatic heterocycles. The Labute approximate surface area is 91.8 Å². The van der Waals surface area contributed by atoms with Gasteiger partial charge >= 0.3 is 5.97 Å². The normalized spacial score (nSPS) is 21.3. The number of esters is 1. The van der Waals surface area contributed by atoms with Gasteiger partial charge in [-0.1, -0.05) is 0 Å². The number of likely N-dealkylation sites (tertiary alicyclic amines) is 1. The monoisotopic (exact) mass is 214 g/mol. The summed E-state index contributed by atoms with van der Waals surface area (Å²) in [7, 11) is 1.38. The fourth-order valence-corrected chi connectivity index (χ4v) is 2.01. The summed E-state index contributed by atoms with van der Waals surface area (Å²) in [4.78, 5) is 13.7. The Balaban J connectivity index is 2.20. The average molecular weight is 214 g/mol. The first-order chi connectivity index (χ1) is 7.06. The number of ether oxygens (including phenoxy) is 1. The molecule has 4 nitrogen and oxygen atoms in total. The molecule has 1 aliphatic rings. The van der Waals surface area contributed by atoms with E-state index in [0.717, 1.165) is 13.0 Å². The van der Waals surface area contributed by atoms with Gasteiger partial charge in [-0.05, 0) is 52.2 Å². The van der Waals surface area contributed by atoms with Crippen molar-refractivity contribution >= 4 is 5.97 Å². The van der Waals surface area contributed by atoms with Gasteiger partial charge in [-0.3, -0.25) is 4.79 Å². The zero-order chi connectivity index (χ0) is 11.3. The molecule has 0 saturated carbocycles. The van der Waals surface area contributed by atoms with Crippen LogP contribution in [-0.2, 0) is 9.53 Å². The van der Waals surface area contributed by atoms with E-state index in [1.54, 1.807) is 6.92 Å². The number of hydrogen-bond donors (Lipinski definition) is 1. The second-order valence-electron chi connectivity index (χ2n) is 4.56. The molecule has 1 fully saturated rings. The van der Waals surface area contributed by atoms with Crippen molar-refractivity contribution in [2.75, 3.05) is 26.7 Å². The second kappa shape index (κ2) is 5.47. The van der Waals surface area contributed by atoms with Crippen LogP contribution in [0.25, 0.3) is 0 Å². The van der Waals surface area contributed by atoms with Crippen LogP contribution in [0.2, 0.25) is 0 Å². The van der Waals surface area contributed by atoms with Crippen LogP contribution < -0.4 is 5.73 Å². The third kappa shape index (κ3) is 3.80. The Morgan fingerprint density at radius 3 is 2.60 bits per heavy atom. The molecule has 4 heteroatoms. The topological polar surface area (TPSA) is 55.6 Å². The van der Waals surface area contributed by atoms with E-state index in [0.29, 0.717) is 6.42 Å². The van der Waals surface area contributed by atoms with E-state index in [4.69, 9.17) is 5.73 Å². The van der Waals surface area contributed by atoms with Gasteiger partial charge in [-0.25, -0.2) is 0 Å². The van der Waals surface area contributed by atoms with Crippen LogP contribution in [0.3, 0.4) is 0 Å². The Bertz CT molecular complexity index is 211. The molecule has 1 unspecified atom stereocenters. The lowest BCUT2D eigenvalue weighted by Gasteiger charge is -2.22. The summed E-state index contributed by atoms with van der Waals surface area (Å²) in [6.07, 6.45) is 4.26. The van der Waals surface area contributed by atoms with Crippen molar-refractivity contribution in [1.82, 2.24) is 4.90 Å². The number of carbonyl (C=O) groups is 1. The number of carbonyl (C=O) groups excluding carboxylic acids is 1. The van der Waals surface area contributed by atoms with Crippen LogP contribution in [0, 0.1) is 0 Å². The SMILES string of the molecule is COC(=O)C(C)(N)CCCN1CCCC1. The molecule has 0 aromatic rings. The van der Waals surface area contributed by atoms with Crippen molar-refractivity contribution in [3.05, 3.63) is 0 Å². The summed E-state index contributed by atoms with van der Waals surface area (Å²) in [6, 6.07) is 0. The maximum atomic E-state index is 11.3. The molecule has 1 saturated heterocycles. The molecule has 0 bridgehead atoms. The summed E-state index contributed by atoms with van der Waals surface area (Å²) < 4.78 is 4.66. The molecule has 1 heterocycles. The van der Waals surface area contributed by atoms with E-state index in [-0.39, 0.29) is 5.97 Å². The van der Waals surface area contributed by atoms with Gasteiger partial charge in [0.25, 0.3) is 0 Å². The fraction of sp³-hybridized carbons (Fsp3) is 0.909. The van der Waals surface area contributed by atoms with Crippen molar-refractivity contribution in [2.24, 2.45) is 5.73 Å². The number of hydrogen-bond acceptors (Lipinski definition) is 4. The Morgan fingerprint density at radius 2 is 2.07 bits per heavy atom. The maximum Gasteiger partial charge on any atom is 0.325 e. The standard InChI is InChI=1S/C11H22N2O2/c1-11(12,10(14)15-2)6-5-9-13-7-3-4-8-13/h3-9,12H2,1-2H3. The maximum absolute atomic E-state index is 11.3. The Hall–Kier alpha value is -0.610. The van der Waals surface area contributed by atoms with Gasteiger partial charge in [0.2, 0.25) is 0 Å². The lowest BCUT2D eigenvalue weighted by Crippen LogP contribution is -2.46. The first-order valence-electron chi connectivity index (χ1n) is 5.66. The third-order valence-electron chi connectivity index (χ3n) is 3.02. The zero-order valence-corrected chi connectivity index (χ0v) is 9.79. The predicted octanol–water partition coefficient (Wildman–Crippen LogP) is 0.753. The molecule has 1 aliphatic heterocycles. The Morgan fingerprint density at radius 1 is 1.47 bits per heavy atom. The van der Waals surface area contributed by atoms with Gasteiger partial charge in [0.15, 0.2) is 0 Å². The van der Waals surface area contributed by atoms with Gasteiger partial charge in [0.1, 0.15) is 5.54 Å². The molecule has 0 spiro atoms. The highest BCUT2D eigenvalue weighted by Gasteiger charge is 2.28. The molecule has 88 valence electrons. The number of methoxy groups -OCH3 is 1. The van der Waals surface area contributed by atoms with E-state index in [1.165, 1.54) is 33.0 Å². The van der Waals surface area contributed by atoms with E-state index in [1.807, 2.05) is 0 Å². The molecular formula is C11H22N2O2. The van der Waals surface area contributed by atoms with Gasteiger partial charge in [0.05, 0.1) is 7.11 Å². The molecule has 0 radical (unpaired) electrons. The molecule has 1 rings (SSSR count). The molecule has 1 atom stereocenters. The van der Waals surface area contributed by atoms with Crippen molar-refractivity contribution in [1.29, 1.82) is 0 Å². The molecule has 0 aliphatic carbocycles. The van der Waals surface area contributed by atoms with Crippen LogP contribution >= 0.6 is 0 Å². The average Bonchev–Trinajstić information content (AvgIpc) is 2.69. The molecule has 15 heavy (non-hydrogen) atoms. The minimum Gasteiger partial charge on any atom is -0.468 e. The quantitative estimate of drug-likeness (QED) is 0.686. The minimum atomic E-state index is -0.825. The number of nitrogens with zero attached hydrogens (tertiary/aromatic N) is 1. The molecular weight excluding hydrogens is 192 g/mol. The predicted molar refractivity (Wildman–Crippen MR) is 59.5 cm³/mol. The van der Waals surface area contributed by atoms with Crippen molar-refractivity contribution in [2.45, 2.75) is 38.1 Å². The molecule has 0 amide bonds. The van der Waals surface area contributed by atoms with E-state index >= 15 is 0 Å². The molecule has 2 N–H and O–H groups in total. The lowest BCUT2D eigenvalue weighted by atomic mass is 9.97. The number of rotatable bonds is 5. The van der Waals surface area contributed by atoms with Crippen LogP contribution in [0.5, 0.6) is 0 Å². The van der Waals surface area contributed by atoms with E-state index < -0.39 is 5.54 Å². The smallest absolute Gasteiger partial charge is 0.325 e. The second-order valence-corrected chi connectivity index (χ2v) is 4.56. The van der Waals surface area contributed by atoms with Gasteiger partial charge in [0, 0.05) is 0 Å². The van der Waals surface area contributed by atoms with Gasteiger partial charge < -0.3 is 15.4 Å².